The highest BCUT2D eigenvalue weighted by atomic mass is 16.6. The SMILES string of the molecule is Cc1cc(C[C@@H](OC(=O)N2CCC(N3CCc4ccccc4NC3=O)CC2)C(=O)N2CCN(C3CCN(C(=O)CCC(=O)OCCCN4CCCC4=O)CC3)CC2)cc2oc(=O)n(C)c12. The van der Waals surface area contributed by atoms with Crippen molar-refractivity contribution in [1.82, 2.24) is 34.0 Å². The van der Waals surface area contributed by atoms with Gasteiger partial charge in [-0.25, -0.2) is 14.4 Å². The number of rotatable bonds is 13. The van der Waals surface area contributed by atoms with Gasteiger partial charge < -0.3 is 43.7 Å². The van der Waals surface area contributed by atoms with E-state index in [-0.39, 0.29) is 61.7 Å². The minimum Gasteiger partial charge on any atom is -0.466 e. The zero-order valence-electron chi connectivity index (χ0n) is 37.7. The molecule has 4 fully saturated rings. The predicted molar refractivity (Wildman–Crippen MR) is 239 cm³/mol. The van der Waals surface area contributed by atoms with Crippen molar-refractivity contribution in [3.63, 3.8) is 0 Å². The quantitative estimate of drug-likeness (QED) is 0.196. The second-order valence-corrected chi connectivity index (χ2v) is 18.0. The summed E-state index contributed by atoms with van der Waals surface area (Å²) in [5.74, 6) is -1.10. The van der Waals surface area contributed by atoms with Crippen LogP contribution >= 0.6 is 0 Å². The number of likely N-dealkylation sites (tertiary alicyclic amines) is 3. The summed E-state index contributed by atoms with van der Waals surface area (Å²) in [5, 5.41) is 3.04. The van der Waals surface area contributed by atoms with Crippen molar-refractivity contribution < 1.29 is 42.7 Å². The van der Waals surface area contributed by atoms with Crippen LogP contribution in [-0.2, 0) is 48.5 Å². The molecule has 4 saturated heterocycles. The number of fused-ring (bicyclic) bond motifs is 2. The zero-order chi connectivity index (χ0) is 45.6. The molecule has 1 aromatic heterocycles. The fraction of sp³-hybridized carbons (Fsp3) is 0.596. The van der Waals surface area contributed by atoms with E-state index in [9.17, 15) is 33.6 Å². The van der Waals surface area contributed by atoms with Crippen molar-refractivity contribution >= 4 is 52.6 Å². The number of oxazole rings is 1. The van der Waals surface area contributed by atoms with Crippen molar-refractivity contribution in [2.45, 2.75) is 95.7 Å². The van der Waals surface area contributed by atoms with Crippen LogP contribution in [0.5, 0.6) is 0 Å². The standard InChI is InChI=1S/C47H62N8O10/c1-32-29-33(30-38-43(32)49(2)46(61)64-38)31-39(65-47(62)54-21-15-36(16-22-54)55-23-12-34-7-3-4-8-37(34)48-45(55)60)44(59)53-26-24-50(25-27-53)35-13-19-52(20-14-35)41(57)10-11-42(58)63-28-6-18-51-17-5-9-40(51)56/h3-4,7-8,29-30,35-36,39H,5-6,9-28,31H2,1-2H3,(H,48,60)/t39-/m1/s1. The lowest BCUT2D eigenvalue weighted by Gasteiger charge is -2.43. The number of aryl methyl sites for hydroxylation is 2. The molecule has 6 heterocycles. The van der Waals surface area contributed by atoms with Gasteiger partial charge in [-0.1, -0.05) is 24.3 Å². The maximum Gasteiger partial charge on any atom is 0.419 e. The Morgan fingerprint density at radius 3 is 2.28 bits per heavy atom. The van der Waals surface area contributed by atoms with E-state index in [1.54, 1.807) is 27.8 Å². The minimum absolute atomic E-state index is 0.0257. The van der Waals surface area contributed by atoms with Gasteiger partial charge in [-0.2, -0.15) is 0 Å². The fourth-order valence-electron chi connectivity index (χ4n) is 10.2. The minimum atomic E-state index is -1.12. The lowest BCUT2D eigenvalue weighted by molar-refractivity contribution is -0.146. The van der Waals surface area contributed by atoms with E-state index in [0.717, 1.165) is 49.0 Å². The molecule has 0 unspecified atom stereocenters. The van der Waals surface area contributed by atoms with Gasteiger partial charge >= 0.3 is 23.8 Å². The van der Waals surface area contributed by atoms with Crippen molar-refractivity contribution in [2.24, 2.45) is 7.05 Å². The zero-order valence-corrected chi connectivity index (χ0v) is 37.7. The maximum absolute atomic E-state index is 14.4. The molecule has 5 aliphatic rings. The number of hydrogen-bond acceptors (Lipinski definition) is 11. The molecule has 350 valence electrons. The average molecular weight is 899 g/mol. The van der Waals surface area contributed by atoms with Gasteiger partial charge in [0.15, 0.2) is 11.7 Å². The molecule has 65 heavy (non-hydrogen) atoms. The van der Waals surface area contributed by atoms with Crippen LogP contribution in [0.3, 0.4) is 0 Å². The first-order valence-electron chi connectivity index (χ1n) is 23.4. The third kappa shape index (κ3) is 10.8. The number of urea groups is 1. The number of carbonyl (C=O) groups excluding carboxylic acids is 6. The molecule has 18 nitrogen and oxygen atoms in total. The molecule has 0 aliphatic carbocycles. The van der Waals surface area contributed by atoms with Crippen LogP contribution in [0.25, 0.3) is 11.1 Å². The Kier molecular flexibility index (Phi) is 14.4. The summed E-state index contributed by atoms with van der Waals surface area (Å²) >= 11 is 0. The first kappa shape index (κ1) is 45.7. The van der Waals surface area contributed by atoms with Gasteiger partial charge in [0.05, 0.1) is 18.5 Å². The molecule has 2 aromatic carbocycles. The Balaban J connectivity index is 0.823. The first-order chi connectivity index (χ1) is 31.4. The molecule has 0 radical (unpaired) electrons. The lowest BCUT2D eigenvalue weighted by Crippen LogP contribution is -2.57. The van der Waals surface area contributed by atoms with Gasteiger partial charge in [0.1, 0.15) is 0 Å². The summed E-state index contributed by atoms with van der Waals surface area (Å²) in [6.07, 6.45) is 4.01. The number of anilines is 1. The van der Waals surface area contributed by atoms with Crippen LogP contribution < -0.4 is 11.1 Å². The Bertz CT molecular complexity index is 2300. The first-order valence-corrected chi connectivity index (χ1v) is 23.4. The van der Waals surface area contributed by atoms with E-state index in [1.807, 2.05) is 47.1 Å². The van der Waals surface area contributed by atoms with E-state index in [4.69, 9.17) is 13.9 Å². The van der Waals surface area contributed by atoms with Crippen molar-refractivity contribution in [1.29, 1.82) is 0 Å². The molecule has 5 aliphatic heterocycles. The molecule has 18 heteroatoms. The Hall–Kier alpha value is -5.91. The fourth-order valence-corrected chi connectivity index (χ4v) is 10.2. The smallest absolute Gasteiger partial charge is 0.419 e. The average Bonchev–Trinajstić information content (AvgIpc) is 3.80. The number of carbonyl (C=O) groups is 6. The van der Waals surface area contributed by atoms with E-state index in [2.05, 4.69) is 10.2 Å². The molecule has 3 aromatic rings. The summed E-state index contributed by atoms with van der Waals surface area (Å²) in [6, 6.07) is 11.5. The number of piperazine rings is 1. The monoisotopic (exact) mass is 898 g/mol. The van der Waals surface area contributed by atoms with Gasteiger partial charge in [0.2, 0.25) is 11.8 Å². The number of benzene rings is 2. The number of piperidine rings is 2. The Morgan fingerprint density at radius 2 is 1.54 bits per heavy atom. The molecular weight excluding hydrogens is 837 g/mol. The molecule has 0 spiro atoms. The summed E-state index contributed by atoms with van der Waals surface area (Å²) in [6.45, 7) is 8.10. The Morgan fingerprint density at radius 1 is 0.815 bits per heavy atom. The number of ether oxygens (including phenoxy) is 2. The number of para-hydroxylation sites is 1. The van der Waals surface area contributed by atoms with Gasteiger partial charge in [0, 0.05) is 116 Å². The second-order valence-electron chi connectivity index (χ2n) is 18.0. The van der Waals surface area contributed by atoms with Crippen LogP contribution in [0.4, 0.5) is 15.3 Å². The van der Waals surface area contributed by atoms with Crippen LogP contribution in [-0.4, -0.2) is 167 Å². The highest BCUT2D eigenvalue weighted by molar-refractivity contribution is 5.91. The largest absolute Gasteiger partial charge is 0.466 e. The van der Waals surface area contributed by atoms with Gasteiger partial charge in [-0.3, -0.25) is 28.6 Å². The van der Waals surface area contributed by atoms with Crippen LogP contribution in [0, 0.1) is 6.92 Å². The number of nitrogens with zero attached hydrogens (tertiary/aromatic N) is 7. The lowest BCUT2D eigenvalue weighted by atomic mass is 10.0. The van der Waals surface area contributed by atoms with Crippen LogP contribution in [0.2, 0.25) is 0 Å². The number of nitrogens with one attached hydrogen (secondary N) is 1. The summed E-state index contributed by atoms with van der Waals surface area (Å²) in [4.78, 5) is 102. The van der Waals surface area contributed by atoms with Gasteiger partial charge in [0.25, 0.3) is 5.91 Å². The molecule has 1 atom stereocenters. The predicted octanol–water partition coefficient (Wildman–Crippen LogP) is 3.51. The number of aromatic nitrogens is 1. The maximum atomic E-state index is 14.4. The number of esters is 1. The van der Waals surface area contributed by atoms with Crippen molar-refractivity contribution in [2.75, 3.05) is 83.9 Å². The molecular formula is C47H62N8O10. The molecule has 0 bridgehead atoms. The van der Waals surface area contributed by atoms with Crippen molar-refractivity contribution in [3.05, 3.63) is 63.6 Å². The van der Waals surface area contributed by atoms with E-state index in [0.29, 0.717) is 108 Å². The molecule has 1 N–H and O–H groups in total. The third-order valence-corrected chi connectivity index (χ3v) is 13.9. The molecule has 6 amide bonds. The van der Waals surface area contributed by atoms with Crippen LogP contribution in [0.15, 0.2) is 45.6 Å². The third-order valence-electron chi connectivity index (χ3n) is 13.9. The van der Waals surface area contributed by atoms with Gasteiger partial charge in [-0.05, 0) is 80.7 Å². The van der Waals surface area contributed by atoms with Crippen LogP contribution in [0.1, 0.15) is 74.5 Å². The summed E-state index contributed by atoms with van der Waals surface area (Å²) < 4.78 is 18.4. The van der Waals surface area contributed by atoms with E-state index >= 15 is 0 Å². The normalized spacial score (nSPS) is 19.6. The summed E-state index contributed by atoms with van der Waals surface area (Å²) in [5.41, 5.74) is 4.48. The highest BCUT2D eigenvalue weighted by Gasteiger charge is 2.37. The molecule has 8 rings (SSSR count). The second kappa shape index (κ2) is 20.5. The van der Waals surface area contributed by atoms with E-state index in [1.165, 1.54) is 4.57 Å². The molecule has 0 saturated carbocycles. The highest BCUT2D eigenvalue weighted by Crippen LogP contribution is 2.27. The summed E-state index contributed by atoms with van der Waals surface area (Å²) in [7, 11) is 1.64. The van der Waals surface area contributed by atoms with E-state index < -0.39 is 23.9 Å². The number of amides is 6. The van der Waals surface area contributed by atoms with Crippen molar-refractivity contribution in [3.8, 4) is 0 Å². The van der Waals surface area contributed by atoms with Gasteiger partial charge in [-0.15, -0.1) is 0 Å². The topological polar surface area (TPSA) is 187 Å². The Labute approximate surface area is 378 Å². The number of hydrogen-bond donors (Lipinski definition) is 1.